The zero-order valence-electron chi connectivity index (χ0n) is 11.0. The normalized spacial score (nSPS) is 9.70. The molecule has 0 unspecified atom stereocenters. The minimum Gasteiger partial charge on any atom is -0.495 e. The fraction of sp³-hybridized carbons (Fsp3) is 0.250. The fourth-order valence-corrected chi connectivity index (χ4v) is 2.26. The largest absolute Gasteiger partial charge is 0.495 e. The third kappa shape index (κ3) is 3.37. The molecule has 1 amide bonds. The highest BCUT2D eigenvalue weighted by atomic mass is 35.5. The summed E-state index contributed by atoms with van der Waals surface area (Å²) in [6.45, 7) is 1.93. The molecule has 0 saturated heterocycles. The van der Waals surface area contributed by atoms with Gasteiger partial charge in [-0.05, 0) is 36.2 Å². The van der Waals surface area contributed by atoms with Crippen LogP contribution in [0.15, 0.2) is 18.2 Å². The molecule has 20 heavy (non-hydrogen) atoms. The Morgan fingerprint density at radius 3 is 2.85 bits per heavy atom. The maximum absolute atomic E-state index is 12.1. The lowest BCUT2D eigenvalue weighted by atomic mass is 10.2. The molecule has 0 spiro atoms. The molecule has 0 fully saturated rings. The van der Waals surface area contributed by atoms with E-state index in [0.717, 1.165) is 11.5 Å². The summed E-state index contributed by atoms with van der Waals surface area (Å²) in [6, 6.07) is 5.08. The molecule has 2 aromatic rings. The first-order valence-corrected chi connectivity index (χ1v) is 6.49. The molecule has 1 heterocycles. The van der Waals surface area contributed by atoms with Crippen molar-refractivity contribution in [1.29, 1.82) is 0 Å². The Morgan fingerprint density at radius 1 is 1.50 bits per heavy atom. The van der Waals surface area contributed by atoms with Gasteiger partial charge in [0.2, 0.25) is 0 Å². The maximum atomic E-state index is 12.1. The number of halogens is 1. The highest BCUT2D eigenvalue weighted by Crippen LogP contribution is 2.25. The first-order chi connectivity index (χ1) is 9.15. The Balaban J connectivity index is 0.00000200. The molecule has 8 heteroatoms. The molecule has 0 aliphatic carbocycles. The number of nitrogen functional groups attached to an aromatic ring is 1. The SMILES string of the molecule is CCc1nnsc1C(=O)Nc1ccc(OC)c(N)c1.Cl. The Bertz CT molecular complexity index is 603. The van der Waals surface area contributed by atoms with Crippen LogP contribution in [0.1, 0.15) is 22.3 Å². The smallest absolute Gasteiger partial charge is 0.269 e. The number of aryl methyl sites for hydroxylation is 1. The van der Waals surface area contributed by atoms with Crippen molar-refractivity contribution in [3.05, 3.63) is 28.8 Å². The molecule has 1 aromatic heterocycles. The van der Waals surface area contributed by atoms with Gasteiger partial charge in [-0.15, -0.1) is 17.5 Å². The van der Waals surface area contributed by atoms with E-state index >= 15 is 0 Å². The number of nitrogens with zero attached hydrogens (tertiary/aromatic N) is 2. The van der Waals surface area contributed by atoms with E-state index < -0.39 is 0 Å². The van der Waals surface area contributed by atoms with E-state index in [1.165, 1.54) is 0 Å². The van der Waals surface area contributed by atoms with Crippen LogP contribution in [0.4, 0.5) is 11.4 Å². The summed E-state index contributed by atoms with van der Waals surface area (Å²) in [5, 5.41) is 6.67. The third-order valence-corrected chi connectivity index (χ3v) is 3.35. The van der Waals surface area contributed by atoms with E-state index in [1.54, 1.807) is 25.3 Å². The molecule has 108 valence electrons. The van der Waals surface area contributed by atoms with Gasteiger partial charge in [0, 0.05) is 5.69 Å². The number of aromatic nitrogens is 2. The Labute approximate surface area is 126 Å². The number of methoxy groups -OCH3 is 1. The summed E-state index contributed by atoms with van der Waals surface area (Å²) in [6.07, 6.45) is 0.671. The Morgan fingerprint density at radius 2 is 2.25 bits per heavy atom. The number of carbonyl (C=O) groups is 1. The van der Waals surface area contributed by atoms with Crippen LogP contribution >= 0.6 is 23.9 Å². The lowest BCUT2D eigenvalue weighted by molar-refractivity contribution is 0.102. The van der Waals surface area contributed by atoms with Crippen LogP contribution in [0.2, 0.25) is 0 Å². The molecule has 1 aromatic carbocycles. The van der Waals surface area contributed by atoms with Crippen LogP contribution < -0.4 is 15.8 Å². The van der Waals surface area contributed by atoms with Crippen LogP contribution in [0.25, 0.3) is 0 Å². The van der Waals surface area contributed by atoms with Crippen LogP contribution in [-0.2, 0) is 6.42 Å². The lowest BCUT2D eigenvalue weighted by Crippen LogP contribution is -2.12. The fourth-order valence-electron chi connectivity index (χ4n) is 1.61. The molecule has 0 aliphatic rings. The van der Waals surface area contributed by atoms with E-state index in [-0.39, 0.29) is 18.3 Å². The second kappa shape index (κ2) is 7.06. The number of anilines is 2. The molecule has 0 aliphatic heterocycles. The number of nitrogens with one attached hydrogen (secondary N) is 1. The van der Waals surface area contributed by atoms with Crippen LogP contribution in [-0.4, -0.2) is 22.6 Å². The monoisotopic (exact) mass is 314 g/mol. The van der Waals surface area contributed by atoms with Gasteiger partial charge < -0.3 is 15.8 Å². The molecule has 0 radical (unpaired) electrons. The van der Waals surface area contributed by atoms with Crippen molar-refractivity contribution < 1.29 is 9.53 Å². The highest BCUT2D eigenvalue weighted by Gasteiger charge is 2.15. The van der Waals surface area contributed by atoms with E-state index in [4.69, 9.17) is 10.5 Å². The maximum Gasteiger partial charge on any atom is 0.269 e. The zero-order valence-corrected chi connectivity index (χ0v) is 12.7. The first kappa shape index (κ1) is 16.2. The van der Waals surface area contributed by atoms with E-state index in [2.05, 4.69) is 14.9 Å². The van der Waals surface area contributed by atoms with Gasteiger partial charge in [-0.25, -0.2) is 0 Å². The predicted molar refractivity (Wildman–Crippen MR) is 81.9 cm³/mol. The number of amides is 1. The molecule has 0 saturated carbocycles. The molecule has 6 nitrogen and oxygen atoms in total. The number of nitrogens with two attached hydrogens (primary N) is 1. The van der Waals surface area contributed by atoms with Gasteiger partial charge in [-0.1, -0.05) is 11.4 Å². The van der Waals surface area contributed by atoms with Gasteiger partial charge >= 0.3 is 0 Å². The summed E-state index contributed by atoms with van der Waals surface area (Å²) in [5.41, 5.74) is 7.56. The van der Waals surface area contributed by atoms with Gasteiger partial charge in [0.25, 0.3) is 5.91 Å². The number of hydrogen-bond donors (Lipinski definition) is 2. The summed E-state index contributed by atoms with van der Waals surface area (Å²) in [5.74, 6) is 0.350. The molecular formula is C12H15ClN4O2S. The van der Waals surface area contributed by atoms with Gasteiger partial charge in [-0.3, -0.25) is 4.79 Å². The Hall–Kier alpha value is -1.86. The van der Waals surface area contributed by atoms with Crippen molar-refractivity contribution in [2.24, 2.45) is 0 Å². The van der Waals surface area contributed by atoms with E-state index in [0.29, 0.717) is 34.1 Å². The van der Waals surface area contributed by atoms with Crippen molar-refractivity contribution >= 4 is 41.2 Å². The summed E-state index contributed by atoms with van der Waals surface area (Å²) >= 11 is 1.08. The number of rotatable bonds is 4. The highest BCUT2D eigenvalue weighted by molar-refractivity contribution is 7.08. The minimum atomic E-state index is -0.226. The van der Waals surface area contributed by atoms with Gasteiger partial charge in [0.1, 0.15) is 10.6 Å². The summed E-state index contributed by atoms with van der Waals surface area (Å²) < 4.78 is 8.84. The second-order valence-electron chi connectivity index (χ2n) is 3.81. The second-order valence-corrected chi connectivity index (χ2v) is 4.57. The predicted octanol–water partition coefficient (Wildman–Crippen LogP) is 2.37. The van der Waals surface area contributed by atoms with E-state index in [1.807, 2.05) is 6.92 Å². The van der Waals surface area contributed by atoms with Crippen molar-refractivity contribution in [1.82, 2.24) is 9.59 Å². The van der Waals surface area contributed by atoms with Crippen molar-refractivity contribution in [2.75, 3.05) is 18.2 Å². The number of hydrogen-bond acceptors (Lipinski definition) is 6. The molecule has 3 N–H and O–H groups in total. The minimum absolute atomic E-state index is 0. The standard InChI is InChI=1S/C12H14N4O2S.ClH/c1-3-9-11(19-16-15-9)12(17)14-7-4-5-10(18-2)8(13)6-7;/h4-6H,3,13H2,1-2H3,(H,14,17);1H. The van der Waals surface area contributed by atoms with Crippen LogP contribution in [0, 0.1) is 0 Å². The quantitative estimate of drug-likeness (QED) is 0.845. The summed E-state index contributed by atoms with van der Waals surface area (Å²) in [7, 11) is 1.54. The van der Waals surface area contributed by atoms with E-state index in [9.17, 15) is 4.79 Å². The topological polar surface area (TPSA) is 90.1 Å². The van der Waals surface area contributed by atoms with Crippen LogP contribution in [0.3, 0.4) is 0 Å². The first-order valence-electron chi connectivity index (χ1n) is 5.71. The van der Waals surface area contributed by atoms with Crippen molar-refractivity contribution in [3.8, 4) is 5.75 Å². The number of ether oxygens (including phenoxy) is 1. The van der Waals surface area contributed by atoms with Gasteiger partial charge in [0.15, 0.2) is 0 Å². The molecule has 2 rings (SSSR count). The van der Waals surface area contributed by atoms with Gasteiger partial charge in [0.05, 0.1) is 18.5 Å². The third-order valence-electron chi connectivity index (χ3n) is 2.58. The number of benzene rings is 1. The molecule has 0 atom stereocenters. The van der Waals surface area contributed by atoms with Gasteiger partial charge in [-0.2, -0.15) is 0 Å². The number of carbonyl (C=O) groups excluding carboxylic acids is 1. The Kier molecular flexibility index (Phi) is 5.72. The summed E-state index contributed by atoms with van der Waals surface area (Å²) in [4.78, 5) is 12.6. The van der Waals surface area contributed by atoms with Crippen molar-refractivity contribution in [3.63, 3.8) is 0 Å². The van der Waals surface area contributed by atoms with Crippen LogP contribution in [0.5, 0.6) is 5.75 Å². The molecular weight excluding hydrogens is 300 g/mol. The average molecular weight is 315 g/mol. The average Bonchev–Trinajstić information content (AvgIpc) is 2.87. The zero-order chi connectivity index (χ0) is 13.8. The van der Waals surface area contributed by atoms with Crippen molar-refractivity contribution in [2.45, 2.75) is 13.3 Å². The molecule has 0 bridgehead atoms. The lowest BCUT2D eigenvalue weighted by Gasteiger charge is -2.08.